The number of aliphatic hydroxyl groups is 1. The molecule has 0 bridgehead atoms. The van der Waals surface area contributed by atoms with E-state index in [0.717, 1.165) is 38.9 Å². The average Bonchev–Trinajstić information content (AvgIpc) is 3.42. The third-order valence-electron chi connectivity index (χ3n) is 6.46. The largest absolute Gasteiger partial charge is 0.507 e. The first-order valence-electron chi connectivity index (χ1n) is 12.3. The molecule has 1 amide bonds. The highest BCUT2D eigenvalue weighted by molar-refractivity contribution is 7.22. The van der Waals surface area contributed by atoms with Gasteiger partial charge in [-0.25, -0.2) is 4.98 Å². The van der Waals surface area contributed by atoms with Crippen LogP contribution in [0.5, 0.6) is 5.75 Å². The smallest absolute Gasteiger partial charge is 0.301 e. The van der Waals surface area contributed by atoms with E-state index >= 15 is 0 Å². The Balaban J connectivity index is 1.66. The number of anilines is 1. The molecule has 0 radical (unpaired) electrons. The number of rotatable bonds is 6. The summed E-state index contributed by atoms with van der Waals surface area (Å²) < 4.78 is 6.59. The molecular weight excluding hydrogens is 484 g/mol. The molecule has 37 heavy (non-hydrogen) atoms. The van der Waals surface area contributed by atoms with Gasteiger partial charge in [-0.2, -0.15) is 0 Å². The molecule has 1 aliphatic heterocycles. The Kier molecular flexibility index (Phi) is 6.56. The molecule has 2 heterocycles. The van der Waals surface area contributed by atoms with Crippen LogP contribution in [0.15, 0.2) is 66.2 Å². The highest BCUT2D eigenvalue weighted by atomic mass is 32.1. The number of thiazole rings is 1. The Morgan fingerprint density at radius 1 is 1.00 bits per heavy atom. The summed E-state index contributed by atoms with van der Waals surface area (Å²) in [6.45, 7) is 8.59. The van der Waals surface area contributed by atoms with Crippen molar-refractivity contribution in [2.24, 2.45) is 0 Å². The van der Waals surface area contributed by atoms with Crippen LogP contribution in [0.1, 0.15) is 47.2 Å². The van der Waals surface area contributed by atoms with Crippen LogP contribution in [-0.2, 0) is 9.59 Å². The molecule has 1 aliphatic rings. The number of nitrogens with zero attached hydrogens (tertiary/aromatic N) is 2. The van der Waals surface area contributed by atoms with Crippen LogP contribution in [0.25, 0.3) is 16.0 Å². The number of ketones is 1. The first kappa shape index (κ1) is 24.7. The molecule has 1 fully saturated rings. The van der Waals surface area contributed by atoms with Crippen molar-refractivity contribution >= 4 is 44.1 Å². The highest BCUT2D eigenvalue weighted by Crippen LogP contribution is 2.44. The quantitative estimate of drug-likeness (QED) is 0.178. The number of aryl methyl sites for hydroxylation is 3. The molecule has 1 atom stereocenters. The number of hydrogen-bond donors (Lipinski definition) is 1. The molecule has 0 spiro atoms. The maximum atomic E-state index is 13.5. The summed E-state index contributed by atoms with van der Waals surface area (Å²) in [6, 6.07) is 17.8. The van der Waals surface area contributed by atoms with Crippen molar-refractivity contribution in [2.45, 2.75) is 40.2 Å². The van der Waals surface area contributed by atoms with Gasteiger partial charge in [0.15, 0.2) is 5.13 Å². The van der Waals surface area contributed by atoms with Crippen LogP contribution >= 0.6 is 11.3 Å². The number of ether oxygens (including phenoxy) is 1. The van der Waals surface area contributed by atoms with Gasteiger partial charge < -0.3 is 9.84 Å². The molecule has 4 aromatic rings. The Bertz CT molecular complexity index is 1530. The molecule has 1 N–H and O–H groups in total. The zero-order valence-corrected chi connectivity index (χ0v) is 22.1. The predicted molar refractivity (Wildman–Crippen MR) is 147 cm³/mol. The molecule has 3 aromatic carbocycles. The fraction of sp³-hybridized carbons (Fsp3) is 0.233. The molecule has 5 rings (SSSR count). The van der Waals surface area contributed by atoms with Gasteiger partial charge in [-0.3, -0.25) is 14.5 Å². The van der Waals surface area contributed by atoms with E-state index in [1.54, 1.807) is 24.3 Å². The first-order chi connectivity index (χ1) is 17.8. The minimum Gasteiger partial charge on any atom is -0.507 e. The zero-order chi connectivity index (χ0) is 26.3. The second-order valence-electron chi connectivity index (χ2n) is 9.38. The molecule has 188 valence electrons. The third-order valence-corrected chi connectivity index (χ3v) is 7.46. The number of aliphatic hydroxyl groups excluding tert-OH is 1. The lowest BCUT2D eigenvalue weighted by Gasteiger charge is -2.23. The maximum Gasteiger partial charge on any atom is 0.301 e. The van der Waals surface area contributed by atoms with E-state index < -0.39 is 17.7 Å². The number of carbonyl (C=O) groups excluding carboxylic acids is 2. The molecule has 0 aliphatic carbocycles. The minimum atomic E-state index is -0.807. The molecule has 1 unspecified atom stereocenters. The first-order valence-corrected chi connectivity index (χ1v) is 13.1. The molecule has 1 aromatic heterocycles. The van der Waals surface area contributed by atoms with Crippen LogP contribution < -0.4 is 9.64 Å². The van der Waals surface area contributed by atoms with Gasteiger partial charge in [0.25, 0.3) is 5.78 Å². The molecular formula is C30H28N2O4S. The monoisotopic (exact) mass is 512 g/mol. The number of Topliss-reactive ketones (excluding diaryl/α,β-unsaturated/α-hetero) is 1. The lowest BCUT2D eigenvalue weighted by molar-refractivity contribution is -0.132. The van der Waals surface area contributed by atoms with E-state index in [-0.39, 0.29) is 11.3 Å². The van der Waals surface area contributed by atoms with Crippen molar-refractivity contribution in [1.29, 1.82) is 0 Å². The van der Waals surface area contributed by atoms with Crippen molar-refractivity contribution < 1.29 is 19.4 Å². The van der Waals surface area contributed by atoms with E-state index in [4.69, 9.17) is 9.72 Å². The normalized spacial score (nSPS) is 17.1. The number of fused-ring (bicyclic) bond motifs is 1. The summed E-state index contributed by atoms with van der Waals surface area (Å²) in [5, 5.41) is 11.8. The molecule has 0 saturated carbocycles. The van der Waals surface area contributed by atoms with Crippen LogP contribution in [0.2, 0.25) is 0 Å². The van der Waals surface area contributed by atoms with Crippen molar-refractivity contribution in [3.8, 4) is 5.75 Å². The minimum absolute atomic E-state index is 0.0447. The molecule has 6 nitrogen and oxygen atoms in total. The Morgan fingerprint density at radius 2 is 1.70 bits per heavy atom. The van der Waals surface area contributed by atoms with Gasteiger partial charge in [0.2, 0.25) is 0 Å². The second kappa shape index (κ2) is 9.82. The standard InChI is InChI=1S/C30H28N2O4S/c1-5-14-36-22-12-10-21(11-13-22)27(33)24-26(20-8-6-17(2)7-9-20)32(29(35)28(24)34)30-31-25-19(4)15-18(3)16-23(25)37-30/h6-13,15-16,26,33H,5,14H2,1-4H3. The van der Waals surface area contributed by atoms with Gasteiger partial charge in [-0.1, -0.05) is 54.2 Å². The van der Waals surface area contributed by atoms with E-state index in [2.05, 4.69) is 0 Å². The van der Waals surface area contributed by atoms with Crippen LogP contribution in [-0.4, -0.2) is 28.4 Å². The number of benzene rings is 3. The zero-order valence-electron chi connectivity index (χ0n) is 21.2. The van der Waals surface area contributed by atoms with Crippen molar-refractivity contribution in [2.75, 3.05) is 11.5 Å². The highest BCUT2D eigenvalue weighted by Gasteiger charge is 2.48. The second-order valence-corrected chi connectivity index (χ2v) is 10.4. The fourth-order valence-corrected chi connectivity index (χ4v) is 5.81. The van der Waals surface area contributed by atoms with E-state index in [0.29, 0.717) is 23.1 Å². The number of aromatic nitrogens is 1. The van der Waals surface area contributed by atoms with Crippen molar-refractivity contribution in [1.82, 2.24) is 4.98 Å². The number of amides is 1. The van der Waals surface area contributed by atoms with E-state index in [1.807, 2.05) is 64.1 Å². The lowest BCUT2D eigenvalue weighted by atomic mass is 9.95. The van der Waals surface area contributed by atoms with E-state index in [9.17, 15) is 14.7 Å². The Hall–Kier alpha value is -3.97. The van der Waals surface area contributed by atoms with Gasteiger partial charge in [-0.15, -0.1) is 0 Å². The van der Waals surface area contributed by atoms with Crippen molar-refractivity contribution in [3.05, 3.63) is 94.1 Å². The van der Waals surface area contributed by atoms with Gasteiger partial charge >= 0.3 is 5.91 Å². The summed E-state index contributed by atoms with van der Waals surface area (Å²) in [5.41, 5.74) is 5.17. The topological polar surface area (TPSA) is 79.7 Å². The van der Waals surface area contributed by atoms with Gasteiger partial charge in [0.1, 0.15) is 11.5 Å². The molecule has 1 saturated heterocycles. The third kappa shape index (κ3) is 4.51. The van der Waals surface area contributed by atoms with Crippen LogP contribution in [0.4, 0.5) is 5.13 Å². The van der Waals surface area contributed by atoms with Gasteiger partial charge in [-0.05, 0) is 74.2 Å². The van der Waals surface area contributed by atoms with Gasteiger partial charge in [0.05, 0.1) is 28.4 Å². The summed E-state index contributed by atoms with van der Waals surface area (Å²) in [5.74, 6) is -0.985. The molecule has 7 heteroatoms. The Labute approximate surface area is 219 Å². The summed E-state index contributed by atoms with van der Waals surface area (Å²) in [7, 11) is 0. The van der Waals surface area contributed by atoms with Gasteiger partial charge in [0, 0.05) is 5.56 Å². The predicted octanol–water partition coefficient (Wildman–Crippen LogP) is 6.64. The summed E-state index contributed by atoms with van der Waals surface area (Å²) >= 11 is 1.37. The fourth-order valence-electron chi connectivity index (χ4n) is 4.64. The number of hydrogen-bond acceptors (Lipinski definition) is 6. The summed E-state index contributed by atoms with van der Waals surface area (Å²) in [6.07, 6.45) is 0.882. The van der Waals surface area contributed by atoms with Crippen LogP contribution in [0, 0.1) is 20.8 Å². The summed E-state index contributed by atoms with van der Waals surface area (Å²) in [4.78, 5) is 33.1. The average molecular weight is 513 g/mol. The lowest BCUT2D eigenvalue weighted by Crippen LogP contribution is -2.29. The SMILES string of the molecule is CCCOc1ccc(C(O)=C2C(=O)C(=O)N(c3nc4c(C)cc(C)cc4s3)C2c2ccc(C)cc2)cc1. The maximum absolute atomic E-state index is 13.5. The Morgan fingerprint density at radius 3 is 2.38 bits per heavy atom. The van der Waals surface area contributed by atoms with Crippen LogP contribution in [0.3, 0.4) is 0 Å². The number of carbonyl (C=O) groups is 2. The van der Waals surface area contributed by atoms with Crippen molar-refractivity contribution in [3.63, 3.8) is 0 Å². The van der Waals surface area contributed by atoms with E-state index in [1.165, 1.54) is 16.2 Å².